The molecule has 0 aliphatic heterocycles. The molecule has 0 aliphatic carbocycles. The number of halogens is 2. The highest BCUT2D eigenvalue weighted by atomic mass is 35.5. The van der Waals surface area contributed by atoms with Gasteiger partial charge in [0.15, 0.2) is 0 Å². The Morgan fingerprint density at radius 2 is 2.31 bits per heavy atom. The van der Waals surface area contributed by atoms with Crippen LogP contribution in [0.15, 0.2) is 29.1 Å². The van der Waals surface area contributed by atoms with E-state index in [2.05, 4.69) is 4.98 Å². The monoisotopic (exact) mass is 256 g/mol. The van der Waals surface area contributed by atoms with Gasteiger partial charge in [-0.3, -0.25) is 0 Å². The highest BCUT2D eigenvalue weighted by Gasteiger charge is 2.12. The Kier molecular flexibility index (Phi) is 3.53. The Bertz CT molecular complexity index is 473. The fraction of sp³-hybridized carbons (Fsp3) is 0.182. The third-order valence-electron chi connectivity index (χ3n) is 2.28. The number of thiazole rings is 1. The van der Waals surface area contributed by atoms with Crippen LogP contribution in [0.1, 0.15) is 17.3 Å². The number of aromatic nitrogens is 1. The normalized spacial score (nSPS) is 12.7. The van der Waals surface area contributed by atoms with Gasteiger partial charge in [-0.15, -0.1) is 11.3 Å². The highest BCUT2D eigenvalue weighted by molar-refractivity contribution is 7.07. The fourth-order valence-electron chi connectivity index (χ4n) is 1.45. The molecule has 0 radical (unpaired) electrons. The zero-order valence-electron chi connectivity index (χ0n) is 8.36. The summed E-state index contributed by atoms with van der Waals surface area (Å²) in [6, 6.07) is 4.18. The summed E-state index contributed by atoms with van der Waals surface area (Å²) in [6.45, 7) is 0. The van der Waals surface area contributed by atoms with E-state index in [4.69, 9.17) is 17.3 Å². The number of nitrogens with two attached hydrogens (primary N) is 1. The molecule has 0 fully saturated rings. The van der Waals surface area contributed by atoms with E-state index < -0.39 is 0 Å². The molecule has 0 amide bonds. The lowest BCUT2D eigenvalue weighted by molar-refractivity contribution is 0.590. The summed E-state index contributed by atoms with van der Waals surface area (Å²) in [5.41, 5.74) is 8.94. The summed E-state index contributed by atoms with van der Waals surface area (Å²) in [7, 11) is 0. The molecule has 2 N–H and O–H groups in total. The van der Waals surface area contributed by atoms with Crippen LogP contribution < -0.4 is 5.73 Å². The maximum absolute atomic E-state index is 13.4. The lowest BCUT2D eigenvalue weighted by Gasteiger charge is -2.09. The van der Waals surface area contributed by atoms with Crippen LogP contribution in [0, 0.1) is 5.82 Å². The second-order valence-corrected chi connectivity index (χ2v) is 4.61. The van der Waals surface area contributed by atoms with Gasteiger partial charge >= 0.3 is 0 Å². The predicted molar refractivity (Wildman–Crippen MR) is 64.2 cm³/mol. The molecule has 1 unspecified atom stereocenters. The zero-order valence-corrected chi connectivity index (χ0v) is 9.93. The van der Waals surface area contributed by atoms with Crippen LogP contribution in [0.4, 0.5) is 4.39 Å². The predicted octanol–water partition coefficient (Wildman–Crippen LogP) is 3.18. The maximum Gasteiger partial charge on any atom is 0.126 e. The molecule has 1 atom stereocenters. The van der Waals surface area contributed by atoms with Gasteiger partial charge < -0.3 is 5.73 Å². The Balaban J connectivity index is 2.17. The average molecular weight is 257 g/mol. The molecule has 1 aromatic heterocycles. The highest BCUT2D eigenvalue weighted by Crippen LogP contribution is 2.21. The minimum atomic E-state index is -0.292. The lowest BCUT2D eigenvalue weighted by Crippen LogP contribution is -2.14. The largest absolute Gasteiger partial charge is 0.322 e. The van der Waals surface area contributed by atoms with E-state index >= 15 is 0 Å². The molecule has 2 nitrogen and oxygen atoms in total. The Morgan fingerprint density at radius 1 is 1.50 bits per heavy atom. The van der Waals surface area contributed by atoms with E-state index in [0.717, 1.165) is 5.69 Å². The van der Waals surface area contributed by atoms with Crippen molar-refractivity contribution in [3.8, 4) is 0 Å². The van der Waals surface area contributed by atoms with E-state index in [1.54, 1.807) is 11.6 Å². The molecule has 5 heteroatoms. The quantitative estimate of drug-likeness (QED) is 0.916. The van der Waals surface area contributed by atoms with Crippen molar-refractivity contribution in [2.24, 2.45) is 5.73 Å². The van der Waals surface area contributed by atoms with Gasteiger partial charge in [-0.1, -0.05) is 11.6 Å². The Morgan fingerprint density at radius 3 is 3.00 bits per heavy atom. The first kappa shape index (κ1) is 11.5. The van der Waals surface area contributed by atoms with Crippen LogP contribution in [-0.2, 0) is 6.42 Å². The summed E-state index contributed by atoms with van der Waals surface area (Å²) in [4.78, 5) is 4.10. The molecule has 2 rings (SSSR count). The molecular formula is C11H10ClFN2S. The lowest BCUT2D eigenvalue weighted by atomic mass is 10.0. The molecule has 1 aromatic carbocycles. The Hall–Kier alpha value is -0.970. The standard InChI is InChI=1S/C11H10ClFN2S/c12-8-1-2-9(13)7(3-8)4-10(14)11-5-16-6-15-11/h1-3,5-6,10H,4,14H2. The molecule has 84 valence electrons. The minimum absolute atomic E-state index is 0.282. The first-order chi connectivity index (χ1) is 7.66. The topological polar surface area (TPSA) is 38.9 Å². The average Bonchev–Trinajstić information content (AvgIpc) is 2.76. The van der Waals surface area contributed by atoms with Gasteiger partial charge in [-0.05, 0) is 30.2 Å². The van der Waals surface area contributed by atoms with E-state index in [-0.39, 0.29) is 11.9 Å². The van der Waals surface area contributed by atoms with Crippen molar-refractivity contribution < 1.29 is 4.39 Å². The van der Waals surface area contributed by atoms with Crippen LogP contribution in [0.25, 0.3) is 0 Å². The van der Waals surface area contributed by atoms with Gasteiger partial charge in [-0.2, -0.15) is 0 Å². The Labute approximate surface area is 102 Å². The summed E-state index contributed by atoms with van der Waals surface area (Å²) in [5, 5.41) is 2.38. The van der Waals surface area contributed by atoms with Gasteiger partial charge in [0.05, 0.1) is 17.2 Å². The second kappa shape index (κ2) is 4.91. The second-order valence-electron chi connectivity index (χ2n) is 3.46. The SMILES string of the molecule is NC(Cc1cc(Cl)ccc1F)c1cscn1. The van der Waals surface area contributed by atoms with Gasteiger partial charge in [0.2, 0.25) is 0 Å². The molecule has 0 aliphatic rings. The van der Waals surface area contributed by atoms with Crippen molar-refractivity contribution in [3.63, 3.8) is 0 Å². The van der Waals surface area contributed by atoms with Crippen LogP contribution in [0.3, 0.4) is 0 Å². The molecule has 1 heterocycles. The van der Waals surface area contributed by atoms with Crippen LogP contribution in [0.2, 0.25) is 5.02 Å². The van der Waals surface area contributed by atoms with E-state index in [1.165, 1.54) is 23.5 Å². The third kappa shape index (κ3) is 2.58. The van der Waals surface area contributed by atoms with Crippen molar-refractivity contribution in [1.82, 2.24) is 4.98 Å². The van der Waals surface area contributed by atoms with Gasteiger partial charge in [0, 0.05) is 10.4 Å². The van der Waals surface area contributed by atoms with Crippen molar-refractivity contribution in [3.05, 3.63) is 51.2 Å². The van der Waals surface area contributed by atoms with Crippen molar-refractivity contribution in [2.75, 3.05) is 0 Å². The minimum Gasteiger partial charge on any atom is -0.322 e. The number of hydrogen-bond donors (Lipinski definition) is 1. The summed E-state index contributed by atoms with van der Waals surface area (Å²) >= 11 is 7.28. The fourth-order valence-corrected chi connectivity index (χ4v) is 2.26. The van der Waals surface area contributed by atoms with Crippen LogP contribution >= 0.6 is 22.9 Å². The number of hydrogen-bond acceptors (Lipinski definition) is 3. The van der Waals surface area contributed by atoms with Crippen molar-refractivity contribution >= 4 is 22.9 Å². The van der Waals surface area contributed by atoms with Crippen LogP contribution in [-0.4, -0.2) is 4.98 Å². The van der Waals surface area contributed by atoms with Gasteiger partial charge in [0.25, 0.3) is 0 Å². The number of nitrogens with zero attached hydrogens (tertiary/aromatic N) is 1. The zero-order chi connectivity index (χ0) is 11.5. The molecule has 0 saturated carbocycles. The summed E-state index contributed by atoms with van der Waals surface area (Å²) in [6.07, 6.45) is 0.399. The van der Waals surface area contributed by atoms with E-state index in [0.29, 0.717) is 17.0 Å². The maximum atomic E-state index is 13.4. The van der Waals surface area contributed by atoms with Crippen molar-refractivity contribution in [2.45, 2.75) is 12.5 Å². The first-order valence-electron chi connectivity index (χ1n) is 4.74. The van der Waals surface area contributed by atoms with E-state index in [9.17, 15) is 4.39 Å². The van der Waals surface area contributed by atoms with Crippen molar-refractivity contribution in [1.29, 1.82) is 0 Å². The van der Waals surface area contributed by atoms with Gasteiger partial charge in [-0.25, -0.2) is 9.37 Å². The van der Waals surface area contributed by atoms with E-state index in [1.807, 2.05) is 5.38 Å². The molecule has 0 spiro atoms. The first-order valence-corrected chi connectivity index (χ1v) is 6.06. The molecular weight excluding hydrogens is 247 g/mol. The number of rotatable bonds is 3. The molecule has 16 heavy (non-hydrogen) atoms. The number of benzene rings is 1. The molecule has 0 saturated heterocycles. The van der Waals surface area contributed by atoms with Crippen LogP contribution in [0.5, 0.6) is 0 Å². The molecule has 2 aromatic rings. The third-order valence-corrected chi connectivity index (χ3v) is 3.12. The molecule has 0 bridgehead atoms. The smallest absolute Gasteiger partial charge is 0.126 e. The summed E-state index contributed by atoms with van der Waals surface area (Å²) in [5.74, 6) is -0.282. The summed E-state index contributed by atoms with van der Waals surface area (Å²) < 4.78 is 13.4. The van der Waals surface area contributed by atoms with Gasteiger partial charge in [0.1, 0.15) is 5.82 Å².